The lowest BCUT2D eigenvalue weighted by Gasteiger charge is -2.25. The number of nitrogens with zero attached hydrogens (tertiary/aromatic N) is 2. The zero-order valence-corrected chi connectivity index (χ0v) is 14.6. The zero-order chi connectivity index (χ0) is 17.8. The Hall–Kier alpha value is -2.35. The van der Waals surface area contributed by atoms with Crippen LogP contribution in [0.2, 0.25) is 0 Å². The van der Waals surface area contributed by atoms with E-state index in [9.17, 15) is 18.3 Å². The van der Waals surface area contributed by atoms with Gasteiger partial charge in [-0.3, -0.25) is 4.79 Å². The second-order valence-electron chi connectivity index (χ2n) is 6.75. The summed E-state index contributed by atoms with van der Waals surface area (Å²) < 4.78 is 25.3. The van der Waals surface area contributed by atoms with Crippen LogP contribution in [0.1, 0.15) is 41.6 Å². The lowest BCUT2D eigenvalue weighted by molar-refractivity contribution is -0.116. The first-order chi connectivity index (χ1) is 11.8. The van der Waals surface area contributed by atoms with Gasteiger partial charge in [0, 0.05) is 17.9 Å². The van der Waals surface area contributed by atoms with Crippen LogP contribution in [0.15, 0.2) is 24.3 Å². The van der Waals surface area contributed by atoms with Crippen LogP contribution in [0.3, 0.4) is 0 Å². The molecule has 25 heavy (non-hydrogen) atoms. The SMILES string of the molecule is Cc1nn(C2CCS(=O)(=O)C2)c2c1C(c1cccc(O)c1)CC(=O)N2. The van der Waals surface area contributed by atoms with Crippen molar-refractivity contribution in [2.24, 2.45) is 0 Å². The average Bonchev–Trinajstić information content (AvgIpc) is 3.06. The zero-order valence-electron chi connectivity index (χ0n) is 13.8. The Kier molecular flexibility index (Phi) is 3.61. The van der Waals surface area contributed by atoms with Gasteiger partial charge in [0.05, 0.1) is 23.2 Å². The van der Waals surface area contributed by atoms with E-state index in [0.29, 0.717) is 12.2 Å². The van der Waals surface area contributed by atoms with Gasteiger partial charge in [-0.2, -0.15) is 5.10 Å². The number of rotatable bonds is 2. The molecule has 8 heteroatoms. The second-order valence-corrected chi connectivity index (χ2v) is 8.98. The number of sulfone groups is 1. The third-order valence-corrected chi connectivity index (χ3v) is 6.70. The summed E-state index contributed by atoms with van der Waals surface area (Å²) in [4.78, 5) is 12.3. The fraction of sp³-hybridized carbons (Fsp3) is 0.412. The van der Waals surface area contributed by atoms with Crippen molar-refractivity contribution in [2.75, 3.05) is 16.8 Å². The maximum Gasteiger partial charge on any atom is 0.226 e. The number of amides is 1. The van der Waals surface area contributed by atoms with Crippen molar-refractivity contribution in [1.82, 2.24) is 9.78 Å². The van der Waals surface area contributed by atoms with E-state index in [-0.39, 0.29) is 41.5 Å². The van der Waals surface area contributed by atoms with Crippen LogP contribution in [0.25, 0.3) is 0 Å². The first-order valence-corrected chi connectivity index (χ1v) is 10.0. The Balaban J connectivity index is 1.81. The van der Waals surface area contributed by atoms with Crippen molar-refractivity contribution in [2.45, 2.75) is 31.7 Å². The van der Waals surface area contributed by atoms with Crippen LogP contribution in [0.5, 0.6) is 5.75 Å². The Morgan fingerprint density at radius 3 is 2.84 bits per heavy atom. The summed E-state index contributed by atoms with van der Waals surface area (Å²) in [7, 11) is -3.05. The van der Waals surface area contributed by atoms with Gasteiger partial charge in [0.15, 0.2) is 9.84 Å². The molecule has 2 aliphatic rings. The number of aryl methyl sites for hydroxylation is 1. The van der Waals surface area contributed by atoms with Gasteiger partial charge in [-0.05, 0) is 31.0 Å². The van der Waals surface area contributed by atoms with Gasteiger partial charge in [-0.25, -0.2) is 13.1 Å². The number of phenolic OH excluding ortho intramolecular Hbond substituents is 1. The number of carbonyl (C=O) groups excluding carboxylic acids is 1. The minimum absolute atomic E-state index is 0.0488. The molecule has 2 atom stereocenters. The summed E-state index contributed by atoms with van der Waals surface area (Å²) in [6, 6.07) is 6.62. The van der Waals surface area contributed by atoms with Gasteiger partial charge in [0.1, 0.15) is 11.6 Å². The van der Waals surface area contributed by atoms with Crippen molar-refractivity contribution >= 4 is 21.6 Å². The van der Waals surface area contributed by atoms with E-state index < -0.39 is 9.84 Å². The molecule has 0 aliphatic carbocycles. The number of hydrogen-bond donors (Lipinski definition) is 2. The van der Waals surface area contributed by atoms with Crippen molar-refractivity contribution in [3.63, 3.8) is 0 Å². The second kappa shape index (κ2) is 5.59. The average molecular weight is 361 g/mol. The van der Waals surface area contributed by atoms with Gasteiger partial charge in [0.2, 0.25) is 5.91 Å². The van der Waals surface area contributed by atoms with E-state index >= 15 is 0 Å². The summed E-state index contributed by atoms with van der Waals surface area (Å²) in [6.45, 7) is 1.87. The molecule has 0 radical (unpaired) electrons. The molecule has 2 aromatic rings. The largest absolute Gasteiger partial charge is 0.508 e. The standard InChI is InChI=1S/C17H19N3O4S/c1-10-16-14(11-3-2-4-13(21)7-11)8-15(22)18-17(16)20(19-10)12-5-6-25(23,24)9-12/h2-4,7,12,14,21H,5-6,8-9H2,1H3,(H,18,22). The highest BCUT2D eigenvalue weighted by atomic mass is 32.2. The van der Waals surface area contributed by atoms with Gasteiger partial charge in [-0.1, -0.05) is 12.1 Å². The molecule has 0 saturated carbocycles. The molecule has 132 valence electrons. The highest BCUT2D eigenvalue weighted by Gasteiger charge is 2.37. The minimum atomic E-state index is -3.05. The number of phenols is 1. The number of aromatic hydroxyl groups is 1. The Labute approximate surface area is 145 Å². The van der Waals surface area contributed by atoms with Gasteiger partial charge < -0.3 is 10.4 Å². The predicted octanol–water partition coefficient (Wildman–Crippen LogP) is 1.73. The van der Waals surface area contributed by atoms with E-state index in [0.717, 1.165) is 16.8 Å². The number of benzene rings is 1. The molecule has 7 nitrogen and oxygen atoms in total. The first kappa shape index (κ1) is 16.1. The molecule has 1 fully saturated rings. The monoisotopic (exact) mass is 361 g/mol. The molecule has 0 spiro atoms. The molecule has 0 bridgehead atoms. The molecule has 2 N–H and O–H groups in total. The maximum absolute atomic E-state index is 12.3. The van der Waals surface area contributed by atoms with Crippen LogP contribution in [0, 0.1) is 6.92 Å². The van der Waals surface area contributed by atoms with Crippen molar-refractivity contribution < 1.29 is 18.3 Å². The first-order valence-electron chi connectivity index (χ1n) is 8.22. The maximum atomic E-state index is 12.3. The van der Waals surface area contributed by atoms with Crippen LogP contribution >= 0.6 is 0 Å². The fourth-order valence-corrected chi connectivity index (χ4v) is 5.52. The highest BCUT2D eigenvalue weighted by molar-refractivity contribution is 7.91. The highest BCUT2D eigenvalue weighted by Crippen LogP contribution is 2.41. The van der Waals surface area contributed by atoms with Gasteiger partial charge >= 0.3 is 0 Å². The molecule has 1 saturated heterocycles. The van der Waals surface area contributed by atoms with Crippen LogP contribution in [-0.4, -0.2) is 40.7 Å². The third-order valence-electron chi connectivity index (χ3n) is 4.95. The summed E-state index contributed by atoms with van der Waals surface area (Å²) in [5, 5.41) is 17.2. The Morgan fingerprint density at radius 2 is 2.16 bits per heavy atom. The van der Waals surface area contributed by atoms with Crippen molar-refractivity contribution in [1.29, 1.82) is 0 Å². The third kappa shape index (κ3) is 2.80. The molecular weight excluding hydrogens is 342 g/mol. The van der Waals surface area contributed by atoms with E-state index in [1.807, 2.05) is 13.0 Å². The van der Waals surface area contributed by atoms with Gasteiger partial charge in [-0.15, -0.1) is 0 Å². The Morgan fingerprint density at radius 1 is 1.36 bits per heavy atom. The summed E-state index contributed by atoms with van der Waals surface area (Å²) in [6.07, 6.45) is 0.772. The summed E-state index contributed by atoms with van der Waals surface area (Å²) in [5.74, 6) is 0.592. The van der Waals surface area contributed by atoms with Crippen molar-refractivity contribution in [3.8, 4) is 5.75 Å². The van der Waals surface area contributed by atoms with Gasteiger partial charge in [0.25, 0.3) is 0 Å². The molecule has 2 unspecified atom stereocenters. The van der Waals surface area contributed by atoms with Crippen LogP contribution in [-0.2, 0) is 14.6 Å². The van der Waals surface area contributed by atoms with Crippen molar-refractivity contribution in [3.05, 3.63) is 41.1 Å². The Bertz CT molecular complexity index is 964. The normalized spacial score (nSPS) is 24.8. The number of nitrogens with one attached hydrogen (secondary N) is 1. The molecule has 3 heterocycles. The van der Waals surface area contributed by atoms with Crippen LogP contribution in [0.4, 0.5) is 5.82 Å². The fourth-order valence-electron chi connectivity index (χ4n) is 3.83. The minimum Gasteiger partial charge on any atom is -0.508 e. The summed E-state index contributed by atoms with van der Waals surface area (Å²) >= 11 is 0. The van der Waals surface area contributed by atoms with Crippen LogP contribution < -0.4 is 5.32 Å². The molecule has 1 aromatic heterocycles. The molecule has 2 aliphatic heterocycles. The molecular formula is C17H19N3O4S. The number of carbonyl (C=O) groups is 1. The molecule has 1 amide bonds. The van der Waals surface area contributed by atoms with E-state index in [4.69, 9.17) is 0 Å². The van der Waals surface area contributed by atoms with E-state index in [2.05, 4.69) is 10.4 Å². The lowest BCUT2D eigenvalue weighted by Crippen LogP contribution is -2.26. The van der Waals surface area contributed by atoms with E-state index in [1.165, 1.54) is 0 Å². The number of anilines is 1. The smallest absolute Gasteiger partial charge is 0.226 e. The predicted molar refractivity (Wildman–Crippen MR) is 92.5 cm³/mol. The number of hydrogen-bond acceptors (Lipinski definition) is 5. The number of aromatic nitrogens is 2. The topological polar surface area (TPSA) is 101 Å². The lowest BCUT2D eigenvalue weighted by atomic mass is 9.85. The van der Waals surface area contributed by atoms with E-state index in [1.54, 1.807) is 22.9 Å². The quantitative estimate of drug-likeness (QED) is 0.848. The molecule has 1 aromatic carbocycles. The number of fused-ring (bicyclic) bond motifs is 1. The molecule has 4 rings (SSSR count). The summed E-state index contributed by atoms with van der Waals surface area (Å²) in [5.41, 5.74) is 2.51.